The fourth-order valence-corrected chi connectivity index (χ4v) is 8.11. The zero-order chi connectivity index (χ0) is 33.6. The van der Waals surface area contributed by atoms with Crippen LogP contribution in [0.15, 0.2) is 47.6 Å². The van der Waals surface area contributed by atoms with E-state index in [4.69, 9.17) is 23.7 Å². The standard InChI is InChI=1S/C35H48O11/c1-18-13-19(2)35-23(14-25(42-6)33(41)44-29(18)21(4)43-26(38)15-34(5,16-36)17-37)11-12-24-27(35)28(39)20(3)30(31(24)46-35)45-32(40)22-9-7-8-10-22/h7-9,11-13,18,20-21,23-25,27-31,36-37,39H,10,14-17H2,1-6H3/b19-13+/t18-,20-,21-,23-,24-,25+,27+,28-,29+,30-,31-,35+/m1/s1. The van der Waals surface area contributed by atoms with E-state index < -0.39 is 90.6 Å². The molecule has 5 rings (SSSR count). The molecular weight excluding hydrogens is 596 g/mol. The molecule has 0 radical (unpaired) electrons. The Kier molecular flexibility index (Phi) is 10.0. The first-order valence-corrected chi connectivity index (χ1v) is 16.2. The highest BCUT2D eigenvalue weighted by Crippen LogP contribution is 2.61. The summed E-state index contributed by atoms with van der Waals surface area (Å²) in [5.74, 6) is -3.51. The van der Waals surface area contributed by atoms with Crippen LogP contribution in [0.25, 0.3) is 0 Å². The Morgan fingerprint density at radius 2 is 1.91 bits per heavy atom. The van der Waals surface area contributed by atoms with Gasteiger partial charge in [0.1, 0.15) is 30.0 Å². The van der Waals surface area contributed by atoms with Crippen LogP contribution in [0.4, 0.5) is 0 Å². The van der Waals surface area contributed by atoms with E-state index in [1.165, 1.54) is 7.11 Å². The van der Waals surface area contributed by atoms with Crippen molar-refractivity contribution in [1.82, 2.24) is 0 Å². The van der Waals surface area contributed by atoms with Crippen molar-refractivity contribution in [2.24, 2.45) is 35.0 Å². The summed E-state index contributed by atoms with van der Waals surface area (Å²) in [6, 6.07) is 0. The molecule has 1 spiro atoms. The van der Waals surface area contributed by atoms with Crippen molar-refractivity contribution in [1.29, 1.82) is 0 Å². The van der Waals surface area contributed by atoms with Crippen LogP contribution in [0.3, 0.4) is 0 Å². The average molecular weight is 645 g/mol. The summed E-state index contributed by atoms with van der Waals surface area (Å²) < 4.78 is 30.4. The number of cyclic esters (lactones) is 1. The predicted molar refractivity (Wildman–Crippen MR) is 165 cm³/mol. The molecule has 2 aliphatic heterocycles. The topological polar surface area (TPSA) is 158 Å². The molecule has 4 bridgehead atoms. The summed E-state index contributed by atoms with van der Waals surface area (Å²) in [6.07, 6.45) is 7.11. The van der Waals surface area contributed by atoms with E-state index in [-0.39, 0.29) is 30.6 Å². The van der Waals surface area contributed by atoms with Crippen molar-refractivity contribution in [3.05, 3.63) is 47.6 Å². The maximum absolute atomic E-state index is 13.6. The third kappa shape index (κ3) is 6.01. The van der Waals surface area contributed by atoms with Crippen LogP contribution in [0.1, 0.15) is 53.9 Å². The van der Waals surface area contributed by atoms with Crippen molar-refractivity contribution in [3.8, 4) is 0 Å². The monoisotopic (exact) mass is 644 g/mol. The third-order valence-electron chi connectivity index (χ3n) is 10.8. The first-order chi connectivity index (χ1) is 21.8. The number of allylic oxidation sites excluding steroid dienone is 3. The van der Waals surface area contributed by atoms with Crippen LogP contribution < -0.4 is 0 Å². The Labute approximate surface area is 270 Å². The molecule has 0 unspecified atom stereocenters. The Hall–Kier alpha value is -2.83. The number of ether oxygens (including phenoxy) is 5. The van der Waals surface area contributed by atoms with E-state index in [9.17, 15) is 29.7 Å². The Morgan fingerprint density at radius 3 is 2.54 bits per heavy atom. The zero-order valence-corrected chi connectivity index (χ0v) is 27.5. The number of carbonyl (C=O) groups is 3. The normalized spacial score (nSPS) is 40.2. The Bertz CT molecular complexity index is 1310. The van der Waals surface area contributed by atoms with Gasteiger partial charge in [0, 0.05) is 47.7 Å². The molecule has 0 aromatic rings. The lowest BCUT2D eigenvalue weighted by atomic mass is 9.57. The summed E-state index contributed by atoms with van der Waals surface area (Å²) in [4.78, 5) is 39.5. The van der Waals surface area contributed by atoms with Crippen molar-refractivity contribution in [2.75, 3.05) is 20.3 Å². The highest BCUT2D eigenvalue weighted by Gasteiger charge is 2.69. The maximum Gasteiger partial charge on any atom is 0.335 e. The van der Waals surface area contributed by atoms with Crippen molar-refractivity contribution in [2.45, 2.75) is 96.1 Å². The van der Waals surface area contributed by atoms with E-state index in [0.29, 0.717) is 12.0 Å². The van der Waals surface area contributed by atoms with Crippen molar-refractivity contribution >= 4 is 17.9 Å². The molecule has 1 saturated heterocycles. The molecule has 254 valence electrons. The van der Waals surface area contributed by atoms with E-state index >= 15 is 0 Å². The van der Waals surface area contributed by atoms with Gasteiger partial charge in [0.25, 0.3) is 0 Å². The fraction of sp³-hybridized carbons (Fsp3) is 0.686. The Morgan fingerprint density at radius 1 is 1.20 bits per heavy atom. The number of rotatable bonds is 9. The smallest absolute Gasteiger partial charge is 0.335 e. The zero-order valence-electron chi connectivity index (χ0n) is 27.5. The molecule has 2 heterocycles. The first kappa shape index (κ1) is 34.5. The first-order valence-electron chi connectivity index (χ1n) is 16.2. The summed E-state index contributed by atoms with van der Waals surface area (Å²) in [7, 11) is 1.43. The van der Waals surface area contributed by atoms with Crippen molar-refractivity contribution < 1.29 is 53.4 Å². The SMILES string of the molecule is CO[C@H]1C[C@H]2C=C[C@H]3[C@H]4O[C@]2(/C(C)=C/[C@@H](C)[C@@H]([C@@H](C)OC(=O)CC(C)(CO)CO)OC1=O)[C@@H]3[C@H](O)[C@@H](C)[C@H]4OC(=O)C1=CC=CC1. The van der Waals surface area contributed by atoms with E-state index in [0.717, 1.165) is 5.57 Å². The average Bonchev–Trinajstić information content (AvgIpc) is 3.63. The molecule has 5 aliphatic rings. The maximum atomic E-state index is 13.6. The number of aliphatic hydroxyl groups excluding tert-OH is 3. The molecular formula is C35H48O11. The van der Waals surface area contributed by atoms with E-state index in [2.05, 4.69) is 0 Å². The number of hydrogen-bond acceptors (Lipinski definition) is 11. The quantitative estimate of drug-likeness (QED) is 0.193. The van der Waals surface area contributed by atoms with Gasteiger partial charge in [-0.1, -0.05) is 57.2 Å². The Balaban J connectivity index is 1.48. The number of methoxy groups -OCH3 is 1. The molecule has 11 nitrogen and oxygen atoms in total. The molecule has 3 N–H and O–H groups in total. The molecule has 12 atom stereocenters. The van der Waals surface area contributed by atoms with Crippen LogP contribution in [0, 0.1) is 35.0 Å². The third-order valence-corrected chi connectivity index (χ3v) is 10.8. The highest BCUT2D eigenvalue weighted by atomic mass is 16.6. The fourth-order valence-electron chi connectivity index (χ4n) is 8.11. The minimum atomic E-state index is -1.06. The van der Waals surface area contributed by atoms with Gasteiger partial charge in [0.05, 0.1) is 25.7 Å². The molecule has 3 aliphatic carbocycles. The molecule has 2 fully saturated rings. The van der Waals surface area contributed by atoms with Gasteiger partial charge in [-0.3, -0.25) is 4.79 Å². The molecule has 1 saturated carbocycles. The second-order valence-corrected chi connectivity index (χ2v) is 14.1. The van der Waals surface area contributed by atoms with Gasteiger partial charge in [-0.15, -0.1) is 0 Å². The van der Waals surface area contributed by atoms with Gasteiger partial charge in [-0.25, -0.2) is 9.59 Å². The minimum absolute atomic E-state index is 0.206. The molecule has 0 amide bonds. The summed E-state index contributed by atoms with van der Waals surface area (Å²) in [5.41, 5.74) is -0.694. The summed E-state index contributed by atoms with van der Waals surface area (Å²) in [6.45, 7) is 8.09. The number of aliphatic hydroxyl groups is 3. The predicted octanol–water partition coefficient (Wildman–Crippen LogP) is 2.58. The lowest BCUT2D eigenvalue weighted by molar-refractivity contribution is -0.180. The molecule has 0 aromatic carbocycles. The van der Waals surface area contributed by atoms with Gasteiger partial charge in [0.15, 0.2) is 6.10 Å². The van der Waals surface area contributed by atoms with Gasteiger partial charge >= 0.3 is 17.9 Å². The van der Waals surface area contributed by atoms with Crippen LogP contribution in [-0.2, 0) is 38.1 Å². The number of carbonyl (C=O) groups excluding carboxylic acids is 3. The van der Waals surface area contributed by atoms with Gasteiger partial charge in [0.2, 0.25) is 0 Å². The van der Waals surface area contributed by atoms with Crippen molar-refractivity contribution in [3.63, 3.8) is 0 Å². The summed E-state index contributed by atoms with van der Waals surface area (Å²) in [5, 5.41) is 31.2. The highest BCUT2D eigenvalue weighted by molar-refractivity contribution is 5.90. The largest absolute Gasteiger partial charge is 0.459 e. The second-order valence-electron chi connectivity index (χ2n) is 14.1. The van der Waals surface area contributed by atoms with Crippen LogP contribution in [0.5, 0.6) is 0 Å². The van der Waals surface area contributed by atoms with Crippen LogP contribution >= 0.6 is 0 Å². The lowest BCUT2D eigenvalue weighted by Crippen LogP contribution is -2.57. The van der Waals surface area contributed by atoms with E-state index in [1.54, 1.807) is 19.9 Å². The van der Waals surface area contributed by atoms with Gasteiger partial charge < -0.3 is 39.0 Å². The number of hydrogen-bond donors (Lipinski definition) is 3. The summed E-state index contributed by atoms with van der Waals surface area (Å²) >= 11 is 0. The lowest BCUT2D eigenvalue weighted by Gasteiger charge is -2.49. The van der Waals surface area contributed by atoms with Gasteiger partial charge in [-0.2, -0.15) is 0 Å². The van der Waals surface area contributed by atoms with Gasteiger partial charge in [-0.05, 0) is 32.3 Å². The van der Waals surface area contributed by atoms with Crippen LogP contribution in [0.2, 0.25) is 0 Å². The second kappa shape index (κ2) is 13.4. The number of esters is 3. The molecule has 46 heavy (non-hydrogen) atoms. The van der Waals surface area contributed by atoms with E-state index in [1.807, 2.05) is 51.2 Å². The van der Waals surface area contributed by atoms with Crippen LogP contribution in [-0.4, -0.2) is 95.8 Å². The molecule has 11 heteroatoms. The minimum Gasteiger partial charge on any atom is -0.459 e. The molecule has 0 aromatic heterocycles.